The molecule has 0 amide bonds. The first kappa shape index (κ1) is 13.3. The highest BCUT2D eigenvalue weighted by Gasteiger charge is 2.26. The Kier molecular flexibility index (Phi) is 4.17. The van der Waals surface area contributed by atoms with Gasteiger partial charge in [-0.05, 0) is 32.1 Å². The highest BCUT2D eigenvalue weighted by Crippen LogP contribution is 2.31. The Morgan fingerprint density at radius 2 is 2.17 bits per heavy atom. The van der Waals surface area contributed by atoms with E-state index >= 15 is 0 Å². The van der Waals surface area contributed by atoms with Gasteiger partial charge >= 0.3 is 0 Å². The van der Waals surface area contributed by atoms with Crippen LogP contribution in [0.3, 0.4) is 0 Å². The predicted molar refractivity (Wildman–Crippen MR) is 72.6 cm³/mol. The minimum Gasteiger partial charge on any atom is -0.373 e. The van der Waals surface area contributed by atoms with Crippen molar-refractivity contribution in [2.24, 2.45) is 5.92 Å². The number of hydrogen-bond acceptors (Lipinski definition) is 4. The Morgan fingerprint density at radius 1 is 1.39 bits per heavy atom. The van der Waals surface area contributed by atoms with Gasteiger partial charge in [0.15, 0.2) is 5.82 Å². The first-order valence-electron chi connectivity index (χ1n) is 6.79. The normalized spacial score (nSPS) is 23.6. The summed E-state index contributed by atoms with van der Waals surface area (Å²) in [5, 5.41) is 3.11. The van der Waals surface area contributed by atoms with Crippen molar-refractivity contribution in [2.45, 2.75) is 52.2 Å². The summed E-state index contributed by atoms with van der Waals surface area (Å²) >= 11 is 0. The second-order valence-corrected chi connectivity index (χ2v) is 5.46. The van der Waals surface area contributed by atoms with Gasteiger partial charge in [-0.25, -0.2) is 9.97 Å². The van der Waals surface area contributed by atoms with Crippen LogP contribution in [0.2, 0.25) is 0 Å². The van der Waals surface area contributed by atoms with Gasteiger partial charge in [0, 0.05) is 18.8 Å². The van der Waals surface area contributed by atoms with Crippen LogP contribution >= 0.6 is 0 Å². The highest BCUT2D eigenvalue weighted by molar-refractivity contribution is 5.35. The standard InChI is InChI=1S/C14H23N3O/c1-9(2)7-11-8-13(15-4)17-14(16-11)12-6-5-10(3)18-12/h8-10,12H,5-7H2,1-4H3,(H,15,16,17). The van der Waals surface area contributed by atoms with Crippen molar-refractivity contribution >= 4 is 5.82 Å². The number of aromatic nitrogens is 2. The molecule has 1 aliphatic heterocycles. The molecule has 18 heavy (non-hydrogen) atoms. The van der Waals surface area contributed by atoms with E-state index in [-0.39, 0.29) is 6.10 Å². The molecule has 0 aliphatic carbocycles. The van der Waals surface area contributed by atoms with Crippen molar-refractivity contribution in [3.05, 3.63) is 17.6 Å². The average molecular weight is 249 g/mol. The zero-order valence-corrected chi connectivity index (χ0v) is 11.7. The minimum absolute atomic E-state index is 0.0687. The molecule has 2 atom stereocenters. The summed E-state index contributed by atoms with van der Waals surface area (Å²) in [6.45, 7) is 6.51. The van der Waals surface area contributed by atoms with Crippen LogP contribution in [-0.2, 0) is 11.2 Å². The lowest BCUT2D eigenvalue weighted by Crippen LogP contribution is -2.10. The van der Waals surface area contributed by atoms with Crippen molar-refractivity contribution in [1.29, 1.82) is 0 Å². The molecule has 0 spiro atoms. The highest BCUT2D eigenvalue weighted by atomic mass is 16.5. The smallest absolute Gasteiger partial charge is 0.159 e. The molecule has 4 heteroatoms. The van der Waals surface area contributed by atoms with Gasteiger partial charge in [0.1, 0.15) is 11.9 Å². The Balaban J connectivity index is 2.23. The lowest BCUT2D eigenvalue weighted by atomic mass is 10.1. The monoisotopic (exact) mass is 249 g/mol. The van der Waals surface area contributed by atoms with Crippen molar-refractivity contribution in [1.82, 2.24) is 9.97 Å². The Morgan fingerprint density at radius 3 is 2.72 bits per heavy atom. The third kappa shape index (κ3) is 3.19. The Bertz CT molecular complexity index is 406. The Labute approximate surface area is 109 Å². The summed E-state index contributed by atoms with van der Waals surface area (Å²) in [4.78, 5) is 9.19. The van der Waals surface area contributed by atoms with Crippen molar-refractivity contribution in [3.8, 4) is 0 Å². The predicted octanol–water partition coefficient (Wildman–Crippen LogP) is 2.96. The lowest BCUT2D eigenvalue weighted by Gasteiger charge is -2.13. The summed E-state index contributed by atoms with van der Waals surface area (Å²) in [5.74, 6) is 2.32. The molecule has 1 fully saturated rings. The number of nitrogens with one attached hydrogen (secondary N) is 1. The van der Waals surface area contributed by atoms with Crippen LogP contribution in [0, 0.1) is 5.92 Å². The van der Waals surface area contributed by atoms with Crippen LogP contribution in [0.25, 0.3) is 0 Å². The van der Waals surface area contributed by atoms with E-state index in [1.165, 1.54) is 0 Å². The molecule has 1 aromatic rings. The maximum atomic E-state index is 5.85. The van der Waals surface area contributed by atoms with Gasteiger partial charge in [-0.2, -0.15) is 0 Å². The summed E-state index contributed by atoms with van der Waals surface area (Å²) in [6.07, 6.45) is 3.49. The molecule has 4 nitrogen and oxygen atoms in total. The first-order valence-corrected chi connectivity index (χ1v) is 6.79. The molecule has 2 unspecified atom stereocenters. The molecule has 0 aromatic carbocycles. The van der Waals surface area contributed by atoms with Gasteiger partial charge < -0.3 is 10.1 Å². The molecular weight excluding hydrogens is 226 g/mol. The zero-order valence-electron chi connectivity index (χ0n) is 11.7. The van der Waals surface area contributed by atoms with Gasteiger partial charge in [0.05, 0.1) is 6.10 Å². The number of nitrogens with zero attached hydrogens (tertiary/aromatic N) is 2. The van der Waals surface area contributed by atoms with Crippen molar-refractivity contribution in [3.63, 3.8) is 0 Å². The van der Waals surface area contributed by atoms with Crippen molar-refractivity contribution < 1.29 is 4.74 Å². The van der Waals surface area contributed by atoms with Gasteiger partial charge in [-0.3, -0.25) is 0 Å². The van der Waals surface area contributed by atoms with Crippen LogP contribution in [0.1, 0.15) is 51.2 Å². The van der Waals surface area contributed by atoms with E-state index in [1.807, 2.05) is 13.1 Å². The second kappa shape index (κ2) is 5.65. The number of ether oxygens (including phenoxy) is 1. The summed E-state index contributed by atoms with van der Waals surface area (Å²) in [7, 11) is 1.89. The van der Waals surface area contributed by atoms with Gasteiger partial charge in [0.25, 0.3) is 0 Å². The SMILES string of the molecule is CNc1cc(CC(C)C)nc(C2CCC(C)O2)n1. The lowest BCUT2D eigenvalue weighted by molar-refractivity contribution is 0.0502. The zero-order chi connectivity index (χ0) is 13.1. The molecule has 0 saturated carbocycles. The topological polar surface area (TPSA) is 47.0 Å². The fourth-order valence-corrected chi connectivity index (χ4v) is 2.31. The first-order chi connectivity index (χ1) is 8.58. The fourth-order valence-electron chi connectivity index (χ4n) is 2.31. The van der Waals surface area contributed by atoms with E-state index < -0.39 is 0 Å². The van der Waals surface area contributed by atoms with Gasteiger partial charge in [-0.15, -0.1) is 0 Å². The number of rotatable bonds is 4. The quantitative estimate of drug-likeness (QED) is 0.891. The van der Waals surface area contributed by atoms with Crippen molar-refractivity contribution in [2.75, 3.05) is 12.4 Å². The van der Waals surface area contributed by atoms with Crippen LogP contribution in [0.5, 0.6) is 0 Å². The molecule has 2 rings (SSSR count). The molecule has 100 valence electrons. The van der Waals surface area contributed by atoms with Crippen LogP contribution < -0.4 is 5.32 Å². The maximum absolute atomic E-state index is 5.85. The Hall–Kier alpha value is -1.16. The second-order valence-electron chi connectivity index (χ2n) is 5.46. The molecule has 1 saturated heterocycles. The van der Waals surface area contributed by atoms with E-state index in [9.17, 15) is 0 Å². The van der Waals surface area contributed by atoms with Gasteiger partial charge in [0.2, 0.25) is 0 Å². The van der Waals surface area contributed by atoms with E-state index in [0.717, 1.165) is 36.6 Å². The molecular formula is C14H23N3O. The molecule has 1 aromatic heterocycles. The summed E-state index contributed by atoms with van der Waals surface area (Å²) in [5.41, 5.74) is 1.10. The summed E-state index contributed by atoms with van der Waals surface area (Å²) < 4.78 is 5.85. The fraction of sp³-hybridized carbons (Fsp3) is 0.714. The van der Waals surface area contributed by atoms with Crippen LogP contribution in [0.4, 0.5) is 5.82 Å². The van der Waals surface area contributed by atoms with E-state index in [0.29, 0.717) is 12.0 Å². The summed E-state index contributed by atoms with van der Waals surface area (Å²) in [6, 6.07) is 2.03. The molecule has 1 aliphatic rings. The molecule has 1 N–H and O–H groups in total. The van der Waals surface area contributed by atoms with Crippen LogP contribution in [0.15, 0.2) is 6.07 Å². The van der Waals surface area contributed by atoms with Crippen LogP contribution in [-0.4, -0.2) is 23.1 Å². The van der Waals surface area contributed by atoms with Gasteiger partial charge in [-0.1, -0.05) is 13.8 Å². The van der Waals surface area contributed by atoms with E-state index in [1.54, 1.807) is 0 Å². The van der Waals surface area contributed by atoms with E-state index in [2.05, 4.69) is 36.1 Å². The van der Waals surface area contributed by atoms with E-state index in [4.69, 9.17) is 4.74 Å². The third-order valence-electron chi connectivity index (χ3n) is 3.19. The molecule has 2 heterocycles. The average Bonchev–Trinajstić information content (AvgIpc) is 2.74. The molecule has 0 radical (unpaired) electrons. The number of hydrogen-bond donors (Lipinski definition) is 1. The largest absolute Gasteiger partial charge is 0.373 e. The maximum Gasteiger partial charge on any atom is 0.159 e. The number of anilines is 1. The minimum atomic E-state index is 0.0687. The molecule has 0 bridgehead atoms. The third-order valence-corrected chi connectivity index (χ3v) is 3.19.